The smallest absolute Gasteiger partial charge is 0.335 e. The molecule has 2 heterocycles. The van der Waals surface area contributed by atoms with Crippen LogP contribution >= 0.6 is 0 Å². The molecule has 11 heteroatoms. The van der Waals surface area contributed by atoms with Gasteiger partial charge in [0.1, 0.15) is 5.75 Å². The van der Waals surface area contributed by atoms with Crippen LogP contribution in [0.2, 0.25) is 0 Å². The van der Waals surface area contributed by atoms with Crippen molar-refractivity contribution in [1.82, 2.24) is 15.0 Å². The molecule has 0 spiro atoms. The van der Waals surface area contributed by atoms with Crippen LogP contribution in [0.1, 0.15) is 34.6 Å². The van der Waals surface area contributed by atoms with Crippen LogP contribution in [0.25, 0.3) is 22.0 Å². The highest BCUT2D eigenvalue weighted by molar-refractivity contribution is 6.08. The number of hydrogen-bond donors (Lipinski definition) is 3. The average molecular weight is 504 g/mol. The number of rotatable bonds is 9. The van der Waals surface area contributed by atoms with Crippen molar-refractivity contribution in [2.45, 2.75) is 20.0 Å². The summed E-state index contributed by atoms with van der Waals surface area (Å²) < 4.78 is 16.2. The number of benzene rings is 2. The number of nitrogens with zero attached hydrogens (tertiary/aromatic N) is 3. The Labute approximate surface area is 212 Å². The Morgan fingerprint density at radius 3 is 2.46 bits per heavy atom. The first-order valence-corrected chi connectivity index (χ1v) is 11.2. The van der Waals surface area contributed by atoms with Crippen molar-refractivity contribution < 1.29 is 28.9 Å². The van der Waals surface area contributed by atoms with Crippen LogP contribution in [0.15, 0.2) is 48.8 Å². The predicted molar refractivity (Wildman–Crippen MR) is 137 cm³/mol. The topological polar surface area (TPSA) is 159 Å². The third-order valence-corrected chi connectivity index (χ3v) is 5.35. The van der Waals surface area contributed by atoms with Gasteiger partial charge in [-0.25, -0.2) is 9.78 Å². The molecule has 11 nitrogen and oxygen atoms in total. The average Bonchev–Trinajstić information content (AvgIpc) is 2.87. The summed E-state index contributed by atoms with van der Waals surface area (Å²) in [6.45, 7) is 3.67. The number of carboxylic acid groups (broad SMARTS) is 1. The molecule has 4 N–H and O–H groups in total. The number of methoxy groups -OCH3 is 2. The zero-order valence-corrected chi connectivity index (χ0v) is 20.6. The molecule has 2 aromatic heterocycles. The first-order chi connectivity index (χ1) is 17.7. The van der Waals surface area contributed by atoms with Crippen LogP contribution in [0.4, 0.5) is 11.4 Å². The number of pyridine rings is 1. The van der Waals surface area contributed by atoms with E-state index in [1.165, 1.54) is 32.5 Å². The van der Waals surface area contributed by atoms with Crippen LogP contribution in [0.3, 0.4) is 0 Å². The van der Waals surface area contributed by atoms with Gasteiger partial charge in [-0.1, -0.05) is 12.1 Å². The number of anilines is 2. The lowest BCUT2D eigenvalue weighted by Gasteiger charge is -2.16. The highest BCUT2D eigenvalue weighted by Gasteiger charge is 2.18. The van der Waals surface area contributed by atoms with Gasteiger partial charge in [0.15, 0.2) is 0 Å². The summed E-state index contributed by atoms with van der Waals surface area (Å²) in [5.74, 6) is -1.13. The maximum Gasteiger partial charge on any atom is 0.335 e. The lowest BCUT2D eigenvalue weighted by molar-refractivity contribution is 0.0695. The van der Waals surface area contributed by atoms with Crippen molar-refractivity contribution in [2.75, 3.05) is 19.5 Å². The number of aromatic carboxylic acids is 1. The molecule has 0 unspecified atom stereocenters. The number of amides is 1. The molecule has 1 amide bonds. The van der Waals surface area contributed by atoms with E-state index in [2.05, 4.69) is 20.3 Å². The number of aromatic nitrogens is 3. The lowest BCUT2D eigenvalue weighted by Crippen LogP contribution is -2.14. The SMILES string of the molecule is COc1ncc(-c2ccc3c(Nc4cc(OC(C)C)cc(C(=O)O)c4)c(C(N)=O)cnc3c2)c(OC)n1. The largest absolute Gasteiger partial charge is 0.491 e. The van der Waals surface area contributed by atoms with E-state index in [-0.39, 0.29) is 23.2 Å². The zero-order valence-electron chi connectivity index (χ0n) is 20.6. The van der Waals surface area contributed by atoms with E-state index in [1.54, 1.807) is 30.5 Å². The van der Waals surface area contributed by atoms with Gasteiger partial charge < -0.3 is 30.4 Å². The number of fused-ring (bicyclic) bond motifs is 1. The molecule has 0 atom stereocenters. The minimum absolute atomic E-state index is 0.0218. The Kier molecular flexibility index (Phi) is 7.05. The summed E-state index contributed by atoms with van der Waals surface area (Å²) in [6, 6.07) is 10.1. The molecule has 0 aliphatic rings. The second-order valence-corrected chi connectivity index (χ2v) is 8.27. The highest BCUT2D eigenvalue weighted by Crippen LogP contribution is 2.35. The highest BCUT2D eigenvalue weighted by atomic mass is 16.5. The number of hydrogen-bond acceptors (Lipinski definition) is 9. The standard InChI is InChI=1S/C26H25N5O6/c1-13(2)37-17-8-15(25(33)34)7-16(10-17)30-22-18-6-5-14(9-21(18)28-12-20(22)23(27)32)19-11-29-26(36-4)31-24(19)35-3/h5-13H,1-4H3,(H2,27,32)(H,28,30)(H,33,34). The minimum Gasteiger partial charge on any atom is -0.491 e. The number of ether oxygens (including phenoxy) is 3. The summed E-state index contributed by atoms with van der Waals surface area (Å²) in [5.41, 5.74) is 8.45. The van der Waals surface area contributed by atoms with Gasteiger partial charge in [-0.15, -0.1) is 0 Å². The third kappa shape index (κ3) is 5.35. The normalized spacial score (nSPS) is 10.8. The van der Waals surface area contributed by atoms with Crippen molar-refractivity contribution in [2.24, 2.45) is 5.73 Å². The molecule has 190 valence electrons. The van der Waals surface area contributed by atoms with Gasteiger partial charge in [0.05, 0.1) is 48.2 Å². The van der Waals surface area contributed by atoms with Gasteiger partial charge in [0, 0.05) is 29.5 Å². The summed E-state index contributed by atoms with van der Waals surface area (Å²) >= 11 is 0. The number of primary amides is 1. The fourth-order valence-corrected chi connectivity index (χ4v) is 3.76. The van der Waals surface area contributed by atoms with Gasteiger partial charge in [0.25, 0.3) is 5.91 Å². The van der Waals surface area contributed by atoms with E-state index >= 15 is 0 Å². The number of carboxylic acids is 1. The van der Waals surface area contributed by atoms with Crippen molar-refractivity contribution in [3.05, 3.63) is 59.9 Å². The van der Waals surface area contributed by atoms with Gasteiger partial charge >= 0.3 is 12.0 Å². The van der Waals surface area contributed by atoms with E-state index in [0.29, 0.717) is 39.5 Å². The second-order valence-electron chi connectivity index (χ2n) is 8.27. The quantitative estimate of drug-likeness (QED) is 0.304. The molecule has 0 fully saturated rings. The number of nitrogens with one attached hydrogen (secondary N) is 1. The van der Waals surface area contributed by atoms with Crippen molar-refractivity contribution >= 4 is 34.2 Å². The summed E-state index contributed by atoms with van der Waals surface area (Å²) in [7, 11) is 2.96. The molecule has 0 aliphatic heterocycles. The van der Waals surface area contributed by atoms with Crippen molar-refractivity contribution in [3.63, 3.8) is 0 Å². The van der Waals surface area contributed by atoms with Gasteiger partial charge in [0.2, 0.25) is 5.88 Å². The summed E-state index contributed by atoms with van der Waals surface area (Å²) in [5, 5.41) is 13.3. The Bertz CT molecular complexity index is 1500. The third-order valence-electron chi connectivity index (χ3n) is 5.35. The molecule has 0 radical (unpaired) electrons. The van der Waals surface area contributed by atoms with Crippen LogP contribution in [0.5, 0.6) is 17.6 Å². The minimum atomic E-state index is -1.12. The zero-order chi connectivity index (χ0) is 26.7. The van der Waals surface area contributed by atoms with Crippen molar-refractivity contribution in [1.29, 1.82) is 0 Å². The molecule has 2 aromatic carbocycles. The Balaban J connectivity index is 1.84. The molecular weight excluding hydrogens is 478 g/mol. The number of carbonyl (C=O) groups is 2. The van der Waals surface area contributed by atoms with E-state index in [9.17, 15) is 14.7 Å². The molecule has 0 aliphatic carbocycles. The molecule has 4 rings (SSSR count). The first kappa shape index (κ1) is 25.2. The van der Waals surface area contributed by atoms with E-state index in [0.717, 1.165) is 5.56 Å². The Morgan fingerprint density at radius 2 is 1.81 bits per heavy atom. The number of nitrogens with two attached hydrogens (primary N) is 1. The Morgan fingerprint density at radius 1 is 1.03 bits per heavy atom. The molecule has 0 saturated carbocycles. The molecule has 0 bridgehead atoms. The lowest BCUT2D eigenvalue weighted by atomic mass is 10.0. The van der Waals surface area contributed by atoms with Crippen LogP contribution in [0, 0.1) is 0 Å². The van der Waals surface area contributed by atoms with E-state index in [4.69, 9.17) is 19.9 Å². The molecule has 0 saturated heterocycles. The van der Waals surface area contributed by atoms with Crippen LogP contribution < -0.4 is 25.3 Å². The number of carbonyl (C=O) groups excluding carboxylic acids is 1. The predicted octanol–water partition coefficient (Wildman–Crippen LogP) is 4.04. The maximum atomic E-state index is 12.3. The maximum absolute atomic E-state index is 12.3. The van der Waals surface area contributed by atoms with Gasteiger partial charge in [-0.3, -0.25) is 9.78 Å². The van der Waals surface area contributed by atoms with Crippen molar-refractivity contribution in [3.8, 4) is 28.8 Å². The second kappa shape index (κ2) is 10.4. The van der Waals surface area contributed by atoms with Crippen LogP contribution in [-0.2, 0) is 0 Å². The van der Waals surface area contributed by atoms with E-state index < -0.39 is 11.9 Å². The fourth-order valence-electron chi connectivity index (χ4n) is 3.76. The van der Waals surface area contributed by atoms with Gasteiger partial charge in [-0.05, 0) is 37.6 Å². The summed E-state index contributed by atoms with van der Waals surface area (Å²) in [6.07, 6.45) is 2.78. The van der Waals surface area contributed by atoms with E-state index in [1.807, 2.05) is 13.8 Å². The molecular formula is C26H25N5O6. The fraction of sp³-hybridized carbons (Fsp3) is 0.192. The first-order valence-electron chi connectivity index (χ1n) is 11.2. The van der Waals surface area contributed by atoms with Gasteiger partial charge in [-0.2, -0.15) is 4.98 Å². The summed E-state index contributed by atoms with van der Waals surface area (Å²) in [4.78, 5) is 36.7. The van der Waals surface area contributed by atoms with Crippen LogP contribution in [-0.4, -0.2) is 52.3 Å². The monoisotopic (exact) mass is 503 g/mol. The molecule has 37 heavy (non-hydrogen) atoms. The molecule has 4 aromatic rings. The Hall–Kier alpha value is -4.93.